The maximum atomic E-state index is 5.57. The molecular weight excluding hydrogens is 368 g/mol. The van der Waals surface area contributed by atoms with E-state index < -0.39 is 0 Å². The number of guanidine groups is 1. The summed E-state index contributed by atoms with van der Waals surface area (Å²) in [4.78, 5) is 8.76. The van der Waals surface area contributed by atoms with Crippen LogP contribution in [0, 0.1) is 13.8 Å². The first-order chi connectivity index (χ1) is 14.2. The van der Waals surface area contributed by atoms with Crippen molar-refractivity contribution in [1.29, 1.82) is 0 Å². The van der Waals surface area contributed by atoms with Crippen LogP contribution in [0.4, 0.5) is 0 Å². The molecule has 0 aliphatic rings. The first-order valence-corrected chi connectivity index (χ1v) is 9.69. The third-order valence-corrected chi connectivity index (χ3v) is 4.30. The number of ether oxygens (including phenoxy) is 1. The lowest BCUT2D eigenvalue weighted by Gasteiger charge is -2.12. The predicted molar refractivity (Wildman–Crippen MR) is 112 cm³/mol. The lowest BCUT2D eigenvalue weighted by molar-refractivity contribution is 0.105. The average molecular weight is 396 g/mol. The van der Waals surface area contributed by atoms with E-state index in [4.69, 9.17) is 9.15 Å². The minimum Gasteiger partial charge on any atom is -0.467 e. The molecule has 0 amide bonds. The van der Waals surface area contributed by atoms with Crippen LogP contribution in [0.3, 0.4) is 0 Å². The number of aliphatic imine (C=N–C) groups is 1. The van der Waals surface area contributed by atoms with Crippen LogP contribution in [0.5, 0.6) is 0 Å². The Morgan fingerprint density at radius 3 is 2.79 bits per heavy atom. The van der Waals surface area contributed by atoms with Crippen molar-refractivity contribution in [3.63, 3.8) is 0 Å². The first kappa shape index (κ1) is 20.6. The Morgan fingerprint density at radius 2 is 2.14 bits per heavy atom. The highest BCUT2D eigenvalue weighted by molar-refractivity contribution is 5.79. The van der Waals surface area contributed by atoms with E-state index in [1.165, 1.54) is 0 Å². The largest absolute Gasteiger partial charge is 0.467 e. The van der Waals surface area contributed by atoms with Gasteiger partial charge in [0.1, 0.15) is 12.4 Å². The third-order valence-electron chi connectivity index (χ3n) is 4.30. The second-order valence-corrected chi connectivity index (χ2v) is 6.70. The van der Waals surface area contributed by atoms with Crippen LogP contribution in [0.25, 0.3) is 5.82 Å². The van der Waals surface area contributed by atoms with Crippen molar-refractivity contribution in [2.75, 3.05) is 20.2 Å². The summed E-state index contributed by atoms with van der Waals surface area (Å²) in [5.74, 6) is 2.41. The molecule has 0 spiro atoms. The molecular formula is C21H28N6O2. The zero-order chi connectivity index (χ0) is 20.5. The molecule has 8 nitrogen and oxygen atoms in total. The van der Waals surface area contributed by atoms with E-state index in [0.717, 1.165) is 47.5 Å². The Bertz CT molecular complexity index is 900. The molecule has 0 saturated carbocycles. The van der Waals surface area contributed by atoms with Crippen LogP contribution < -0.4 is 10.6 Å². The zero-order valence-corrected chi connectivity index (χ0v) is 17.2. The van der Waals surface area contributed by atoms with Gasteiger partial charge in [-0.05, 0) is 50.1 Å². The minimum atomic E-state index is 0.501. The summed E-state index contributed by atoms with van der Waals surface area (Å²) in [5.41, 5.74) is 3.12. The molecule has 0 aliphatic carbocycles. The summed E-state index contributed by atoms with van der Waals surface area (Å²) in [7, 11) is 1.76. The van der Waals surface area contributed by atoms with E-state index in [2.05, 4.69) is 25.7 Å². The van der Waals surface area contributed by atoms with Crippen molar-refractivity contribution in [2.24, 2.45) is 4.99 Å². The molecule has 0 aliphatic heterocycles. The maximum absolute atomic E-state index is 5.57. The van der Waals surface area contributed by atoms with Gasteiger partial charge in [0, 0.05) is 38.6 Å². The van der Waals surface area contributed by atoms with Gasteiger partial charge in [-0.15, -0.1) is 0 Å². The molecule has 29 heavy (non-hydrogen) atoms. The molecule has 3 rings (SSSR count). The summed E-state index contributed by atoms with van der Waals surface area (Å²) in [6.07, 6.45) is 4.38. The monoisotopic (exact) mass is 396 g/mol. The topological polar surface area (TPSA) is 89.5 Å². The highest BCUT2D eigenvalue weighted by Gasteiger charge is 2.05. The lowest BCUT2D eigenvalue weighted by atomic mass is 10.3. The number of furan rings is 1. The summed E-state index contributed by atoms with van der Waals surface area (Å²) < 4.78 is 12.6. The fourth-order valence-electron chi connectivity index (χ4n) is 2.86. The molecule has 2 N–H and O–H groups in total. The number of aromatic nitrogens is 3. The van der Waals surface area contributed by atoms with Crippen LogP contribution in [0.1, 0.15) is 29.1 Å². The van der Waals surface area contributed by atoms with Crippen LogP contribution in [0.15, 0.2) is 52.2 Å². The van der Waals surface area contributed by atoms with Crippen molar-refractivity contribution in [3.8, 4) is 5.82 Å². The van der Waals surface area contributed by atoms with Gasteiger partial charge in [-0.2, -0.15) is 5.10 Å². The number of pyridine rings is 1. The maximum Gasteiger partial charge on any atom is 0.191 e. The summed E-state index contributed by atoms with van der Waals surface area (Å²) in [6.45, 7) is 6.56. The van der Waals surface area contributed by atoms with Crippen molar-refractivity contribution < 1.29 is 9.15 Å². The van der Waals surface area contributed by atoms with Gasteiger partial charge in [0.15, 0.2) is 11.8 Å². The Hall–Kier alpha value is -3.13. The summed E-state index contributed by atoms with van der Waals surface area (Å²) in [6, 6.07) is 9.82. The smallest absolute Gasteiger partial charge is 0.191 e. The number of aryl methyl sites for hydroxylation is 2. The second-order valence-electron chi connectivity index (χ2n) is 6.70. The van der Waals surface area contributed by atoms with Gasteiger partial charge in [0.05, 0.1) is 12.0 Å². The van der Waals surface area contributed by atoms with Gasteiger partial charge < -0.3 is 19.8 Å². The van der Waals surface area contributed by atoms with Crippen molar-refractivity contribution in [3.05, 3.63) is 65.5 Å². The van der Waals surface area contributed by atoms with Crippen molar-refractivity contribution in [2.45, 2.75) is 33.4 Å². The van der Waals surface area contributed by atoms with Gasteiger partial charge in [-0.3, -0.25) is 4.99 Å². The van der Waals surface area contributed by atoms with Crippen molar-refractivity contribution in [1.82, 2.24) is 25.4 Å². The molecule has 3 heterocycles. The van der Waals surface area contributed by atoms with Gasteiger partial charge in [-0.1, -0.05) is 6.07 Å². The first-order valence-electron chi connectivity index (χ1n) is 9.69. The van der Waals surface area contributed by atoms with E-state index in [9.17, 15) is 0 Å². The lowest BCUT2D eigenvalue weighted by Crippen LogP contribution is -2.37. The molecule has 0 aromatic carbocycles. The van der Waals surface area contributed by atoms with Gasteiger partial charge in [-0.25, -0.2) is 9.67 Å². The number of nitrogens with one attached hydrogen (secondary N) is 2. The van der Waals surface area contributed by atoms with Gasteiger partial charge in [0.25, 0.3) is 0 Å². The van der Waals surface area contributed by atoms with E-state index >= 15 is 0 Å². The second kappa shape index (κ2) is 10.4. The molecule has 0 bridgehead atoms. The highest BCUT2D eigenvalue weighted by Crippen LogP contribution is 2.10. The minimum absolute atomic E-state index is 0.501. The summed E-state index contributed by atoms with van der Waals surface area (Å²) in [5, 5.41) is 11.0. The Morgan fingerprint density at radius 1 is 1.24 bits per heavy atom. The normalized spacial score (nSPS) is 11.6. The number of nitrogens with zero attached hydrogens (tertiary/aromatic N) is 4. The Labute approximate surface area is 171 Å². The van der Waals surface area contributed by atoms with Crippen LogP contribution in [-0.2, 0) is 17.9 Å². The summed E-state index contributed by atoms with van der Waals surface area (Å²) >= 11 is 0. The van der Waals surface area contributed by atoms with E-state index in [0.29, 0.717) is 19.8 Å². The Balaban J connectivity index is 1.37. The van der Waals surface area contributed by atoms with Crippen LogP contribution in [0.2, 0.25) is 0 Å². The molecule has 0 radical (unpaired) electrons. The van der Waals surface area contributed by atoms with E-state index in [-0.39, 0.29) is 0 Å². The Kier molecular flexibility index (Phi) is 7.40. The molecule has 8 heteroatoms. The SMILES string of the molecule is CN=C(NCCCOCc1ccco1)NCc1ccc(-n2nc(C)cc2C)nc1. The van der Waals surface area contributed by atoms with E-state index in [1.807, 2.05) is 55.1 Å². The fourth-order valence-corrected chi connectivity index (χ4v) is 2.86. The number of hydrogen-bond acceptors (Lipinski definition) is 5. The molecule has 0 fully saturated rings. The predicted octanol–water partition coefficient (Wildman–Crippen LogP) is 2.75. The molecule has 154 valence electrons. The molecule has 3 aromatic heterocycles. The molecule has 0 atom stereocenters. The van der Waals surface area contributed by atoms with Gasteiger partial charge >= 0.3 is 0 Å². The standard InChI is InChI=1S/C21H28N6O2/c1-16-12-17(2)27(26-16)20-8-7-18(13-24-20)14-25-21(22-3)23-9-5-10-28-15-19-6-4-11-29-19/h4,6-8,11-13H,5,9-10,14-15H2,1-3H3,(H2,22,23,25). The number of hydrogen-bond donors (Lipinski definition) is 2. The highest BCUT2D eigenvalue weighted by atomic mass is 16.5. The molecule has 3 aromatic rings. The fraction of sp³-hybridized carbons (Fsp3) is 0.381. The van der Waals surface area contributed by atoms with E-state index in [1.54, 1.807) is 13.3 Å². The van der Waals surface area contributed by atoms with Crippen molar-refractivity contribution >= 4 is 5.96 Å². The average Bonchev–Trinajstić information content (AvgIpc) is 3.36. The zero-order valence-electron chi connectivity index (χ0n) is 17.2. The molecule has 0 unspecified atom stereocenters. The number of rotatable bonds is 9. The third kappa shape index (κ3) is 6.18. The quantitative estimate of drug-likeness (QED) is 0.328. The molecule has 0 saturated heterocycles. The van der Waals surface area contributed by atoms with Crippen LogP contribution >= 0.6 is 0 Å². The van der Waals surface area contributed by atoms with Crippen LogP contribution in [-0.4, -0.2) is 40.9 Å². The van der Waals surface area contributed by atoms with Gasteiger partial charge in [0.2, 0.25) is 0 Å².